The third kappa shape index (κ3) is 3.90. The largest absolute Gasteiger partial charge is 0.493 e. The molecule has 5 rings (SSSR count). The van der Waals surface area contributed by atoms with Gasteiger partial charge in [-0.2, -0.15) is 0 Å². The molecule has 4 aromatic rings. The number of hydrogen-bond acceptors (Lipinski definition) is 6. The van der Waals surface area contributed by atoms with Gasteiger partial charge in [0, 0.05) is 18.3 Å². The molecule has 0 aliphatic carbocycles. The van der Waals surface area contributed by atoms with Crippen LogP contribution in [0.1, 0.15) is 20.8 Å². The predicted octanol–water partition coefficient (Wildman–Crippen LogP) is 5.53. The number of pyridine rings is 1. The first-order valence-electron chi connectivity index (χ1n) is 10.2. The Balaban J connectivity index is 1.44. The molecule has 0 fully saturated rings. The highest BCUT2D eigenvalue weighted by atomic mass is 32.1. The van der Waals surface area contributed by atoms with Crippen LogP contribution in [0, 0.1) is 0 Å². The minimum atomic E-state index is -0.0929. The lowest BCUT2D eigenvalue weighted by Crippen LogP contribution is -2.21. The number of thiophene rings is 1. The van der Waals surface area contributed by atoms with Crippen molar-refractivity contribution in [3.63, 3.8) is 0 Å². The molecule has 2 aromatic carbocycles. The zero-order chi connectivity index (χ0) is 21.9. The number of aromatic nitrogens is 1. The first kappa shape index (κ1) is 20.1. The van der Waals surface area contributed by atoms with E-state index in [9.17, 15) is 4.79 Å². The van der Waals surface area contributed by atoms with Crippen molar-refractivity contribution < 1.29 is 14.3 Å². The van der Waals surface area contributed by atoms with Crippen LogP contribution in [0.25, 0.3) is 0 Å². The zero-order valence-corrected chi connectivity index (χ0v) is 18.3. The molecule has 3 heterocycles. The summed E-state index contributed by atoms with van der Waals surface area (Å²) in [5.74, 6) is 1.73. The van der Waals surface area contributed by atoms with E-state index in [1.54, 1.807) is 13.3 Å². The van der Waals surface area contributed by atoms with Crippen LogP contribution in [-0.2, 0) is 13.1 Å². The number of hydrogen-bond donors (Lipinski definition) is 1. The van der Waals surface area contributed by atoms with E-state index in [1.165, 1.54) is 11.3 Å². The fourth-order valence-corrected chi connectivity index (χ4v) is 4.57. The normalized spacial score (nSPS) is 12.2. The Hall–Kier alpha value is -3.84. The average Bonchev–Trinajstić information content (AvgIpc) is 3.26. The number of rotatable bonds is 5. The highest BCUT2D eigenvalue weighted by molar-refractivity contribution is 7.18. The quantitative estimate of drug-likeness (QED) is 0.440. The maximum absolute atomic E-state index is 12.7. The van der Waals surface area contributed by atoms with E-state index < -0.39 is 0 Å². The maximum atomic E-state index is 12.7. The van der Waals surface area contributed by atoms with E-state index in [2.05, 4.69) is 15.2 Å². The lowest BCUT2D eigenvalue weighted by molar-refractivity contribution is 0.0955. The number of nitrogens with zero attached hydrogens (tertiary/aromatic N) is 2. The molecule has 6 nitrogen and oxygen atoms in total. The number of carbonyl (C=O) groups excluding carboxylic acids is 1. The van der Waals surface area contributed by atoms with Gasteiger partial charge in [-0.15, -0.1) is 11.3 Å². The third-order valence-corrected chi connectivity index (χ3v) is 6.33. The number of amides is 1. The Labute approximate surface area is 190 Å². The lowest BCUT2D eigenvalue weighted by Gasteiger charge is -2.21. The molecular formula is C25H21N3O3S. The van der Waals surface area contributed by atoms with Crippen molar-refractivity contribution in [3.05, 3.63) is 95.0 Å². The molecule has 0 radical (unpaired) electrons. The highest BCUT2D eigenvalue weighted by Gasteiger charge is 2.26. The summed E-state index contributed by atoms with van der Waals surface area (Å²) in [7, 11) is 1.63. The number of ether oxygens (including phenoxy) is 2. The van der Waals surface area contributed by atoms with Crippen LogP contribution in [0.2, 0.25) is 0 Å². The number of anilines is 2. The fourth-order valence-electron chi connectivity index (χ4n) is 3.64. The number of fused-ring (bicyclic) bond motifs is 2. The molecule has 0 saturated carbocycles. The molecule has 1 amide bonds. The topological polar surface area (TPSA) is 63.7 Å². The molecule has 1 aliphatic rings. The Morgan fingerprint density at radius 3 is 2.81 bits per heavy atom. The van der Waals surface area contributed by atoms with Crippen molar-refractivity contribution >= 4 is 27.9 Å². The highest BCUT2D eigenvalue weighted by Crippen LogP contribution is 2.45. The Bertz CT molecular complexity index is 1260. The van der Waals surface area contributed by atoms with E-state index in [1.807, 2.05) is 72.8 Å². The van der Waals surface area contributed by atoms with Gasteiger partial charge in [-0.3, -0.25) is 4.79 Å². The number of benzene rings is 2. The number of carbonyl (C=O) groups is 1. The monoisotopic (exact) mass is 443 g/mol. The van der Waals surface area contributed by atoms with Crippen molar-refractivity contribution in [3.8, 4) is 17.4 Å². The summed E-state index contributed by atoms with van der Waals surface area (Å²) in [5.41, 5.74) is 2.88. The first-order valence-corrected chi connectivity index (χ1v) is 11.0. The molecule has 0 unspecified atom stereocenters. The first-order chi connectivity index (χ1) is 15.7. The van der Waals surface area contributed by atoms with E-state index in [-0.39, 0.29) is 5.91 Å². The van der Waals surface area contributed by atoms with Crippen LogP contribution < -0.4 is 19.7 Å². The van der Waals surface area contributed by atoms with Gasteiger partial charge in [0.2, 0.25) is 5.88 Å². The van der Waals surface area contributed by atoms with Crippen LogP contribution in [0.5, 0.6) is 17.4 Å². The van der Waals surface area contributed by atoms with Crippen LogP contribution in [0.4, 0.5) is 10.7 Å². The minimum Gasteiger partial charge on any atom is -0.493 e. The molecule has 2 aromatic heterocycles. The van der Waals surface area contributed by atoms with Gasteiger partial charge in [-0.1, -0.05) is 42.5 Å². The second kappa shape index (κ2) is 8.72. The summed E-state index contributed by atoms with van der Waals surface area (Å²) in [6, 6.07) is 23.4. The molecule has 32 heavy (non-hydrogen) atoms. The van der Waals surface area contributed by atoms with Crippen LogP contribution in [0.3, 0.4) is 0 Å². The van der Waals surface area contributed by atoms with Crippen molar-refractivity contribution in [2.24, 2.45) is 0 Å². The number of nitrogens with one attached hydrogen (secondary N) is 1. The molecular weight excluding hydrogens is 422 g/mol. The van der Waals surface area contributed by atoms with Gasteiger partial charge in [0.1, 0.15) is 5.69 Å². The van der Waals surface area contributed by atoms with E-state index >= 15 is 0 Å². The molecule has 0 saturated heterocycles. The third-order valence-electron chi connectivity index (χ3n) is 5.23. The van der Waals surface area contributed by atoms with Crippen molar-refractivity contribution in [1.29, 1.82) is 0 Å². The van der Waals surface area contributed by atoms with Gasteiger partial charge in [-0.25, -0.2) is 4.98 Å². The summed E-state index contributed by atoms with van der Waals surface area (Å²) in [4.78, 5) is 19.9. The Morgan fingerprint density at radius 2 is 1.97 bits per heavy atom. The van der Waals surface area contributed by atoms with Crippen LogP contribution >= 0.6 is 11.3 Å². The number of methoxy groups -OCH3 is 1. The number of para-hydroxylation sites is 1. The molecule has 0 bridgehead atoms. The fraction of sp³-hybridized carbons (Fsp3) is 0.120. The van der Waals surface area contributed by atoms with Crippen molar-refractivity contribution in [1.82, 2.24) is 10.3 Å². The van der Waals surface area contributed by atoms with Crippen LogP contribution in [-0.4, -0.2) is 18.0 Å². The van der Waals surface area contributed by atoms with Crippen molar-refractivity contribution in [2.45, 2.75) is 13.1 Å². The van der Waals surface area contributed by atoms with Crippen LogP contribution in [0.15, 0.2) is 79.0 Å². The van der Waals surface area contributed by atoms with Gasteiger partial charge in [0.15, 0.2) is 11.5 Å². The predicted molar refractivity (Wildman–Crippen MR) is 125 cm³/mol. The smallest absolute Gasteiger partial charge is 0.261 e. The Kier molecular flexibility index (Phi) is 5.47. The maximum Gasteiger partial charge on any atom is 0.261 e. The Morgan fingerprint density at radius 1 is 1.09 bits per heavy atom. The minimum absolute atomic E-state index is 0.0929. The van der Waals surface area contributed by atoms with Gasteiger partial charge in [0.25, 0.3) is 5.91 Å². The average molecular weight is 444 g/mol. The van der Waals surface area contributed by atoms with Gasteiger partial charge in [0.05, 0.1) is 23.5 Å². The van der Waals surface area contributed by atoms with Gasteiger partial charge in [-0.05, 0) is 35.9 Å². The van der Waals surface area contributed by atoms with Gasteiger partial charge >= 0.3 is 0 Å². The standard InChI is InChI=1S/C25H21N3O3S/c1-30-20-11-5-9-18-16-28(19-10-6-14-26-25(19)31-23(18)20)22-13-12-21(32-22)24(29)27-15-17-7-3-2-4-8-17/h2-14H,15-16H2,1H3,(H,27,29). The van der Waals surface area contributed by atoms with Crippen molar-refractivity contribution in [2.75, 3.05) is 12.0 Å². The second-order valence-electron chi connectivity index (χ2n) is 7.27. The molecule has 1 aliphatic heterocycles. The molecule has 0 atom stereocenters. The molecule has 160 valence electrons. The summed E-state index contributed by atoms with van der Waals surface area (Å²) in [5, 5.41) is 3.93. The van der Waals surface area contributed by atoms with Gasteiger partial charge < -0.3 is 19.7 Å². The lowest BCUT2D eigenvalue weighted by atomic mass is 10.1. The second-order valence-corrected chi connectivity index (χ2v) is 8.33. The molecule has 1 N–H and O–H groups in total. The van der Waals surface area contributed by atoms with E-state index in [0.29, 0.717) is 35.3 Å². The van der Waals surface area contributed by atoms with E-state index in [0.717, 1.165) is 21.8 Å². The van der Waals surface area contributed by atoms with E-state index in [4.69, 9.17) is 9.47 Å². The summed E-state index contributed by atoms with van der Waals surface area (Å²) in [6.07, 6.45) is 1.70. The summed E-state index contributed by atoms with van der Waals surface area (Å²) >= 11 is 1.44. The molecule has 7 heteroatoms. The summed E-state index contributed by atoms with van der Waals surface area (Å²) in [6.45, 7) is 1.06. The SMILES string of the molecule is COc1cccc2c1Oc1ncccc1N(c1ccc(C(=O)NCc3ccccc3)s1)C2. The summed E-state index contributed by atoms with van der Waals surface area (Å²) < 4.78 is 11.7. The molecule has 0 spiro atoms. The zero-order valence-electron chi connectivity index (χ0n) is 17.4.